The fourth-order valence-corrected chi connectivity index (χ4v) is 2.74. The van der Waals surface area contributed by atoms with E-state index in [0.29, 0.717) is 6.04 Å². The zero-order valence-electron chi connectivity index (χ0n) is 13.6. The lowest BCUT2D eigenvalue weighted by Crippen LogP contribution is -2.29. The molecule has 20 heavy (non-hydrogen) atoms. The average Bonchev–Trinajstić information content (AvgIpc) is 2.51. The summed E-state index contributed by atoms with van der Waals surface area (Å²) in [7, 11) is 1.72. The molecular weight excluding hydrogens is 246 g/mol. The molecule has 1 aromatic rings. The summed E-state index contributed by atoms with van der Waals surface area (Å²) in [5.41, 5.74) is 1.39. The molecule has 114 valence electrons. The molecule has 2 unspecified atom stereocenters. The molecule has 2 heteroatoms. The zero-order chi connectivity index (χ0) is 14.8. The predicted molar refractivity (Wildman–Crippen MR) is 87.3 cm³/mol. The monoisotopic (exact) mass is 277 g/mol. The molecule has 0 bridgehead atoms. The minimum absolute atomic E-state index is 0.470. The topological polar surface area (TPSA) is 21.3 Å². The van der Waals surface area contributed by atoms with Gasteiger partial charge in [-0.2, -0.15) is 0 Å². The molecule has 0 spiro atoms. The van der Waals surface area contributed by atoms with Crippen LogP contribution in [0.3, 0.4) is 0 Å². The van der Waals surface area contributed by atoms with Crippen LogP contribution in [0.15, 0.2) is 24.3 Å². The van der Waals surface area contributed by atoms with Crippen LogP contribution in [0, 0.1) is 5.92 Å². The molecule has 0 aliphatic heterocycles. The lowest BCUT2D eigenvalue weighted by atomic mass is 9.86. The Balaban J connectivity index is 2.84. The van der Waals surface area contributed by atoms with E-state index in [0.717, 1.165) is 18.2 Å². The van der Waals surface area contributed by atoms with Crippen molar-refractivity contribution < 1.29 is 4.74 Å². The molecule has 0 aromatic heterocycles. The van der Waals surface area contributed by atoms with Gasteiger partial charge in [0.05, 0.1) is 7.11 Å². The number of methoxy groups -OCH3 is 1. The summed E-state index contributed by atoms with van der Waals surface area (Å²) in [6, 6.07) is 9.03. The van der Waals surface area contributed by atoms with Crippen LogP contribution < -0.4 is 10.1 Å². The van der Waals surface area contributed by atoms with Gasteiger partial charge in [0.1, 0.15) is 5.75 Å². The van der Waals surface area contributed by atoms with Crippen molar-refractivity contribution in [2.24, 2.45) is 5.92 Å². The Morgan fingerprint density at radius 1 is 1.05 bits per heavy atom. The first-order valence-corrected chi connectivity index (χ1v) is 8.14. The van der Waals surface area contributed by atoms with Crippen LogP contribution in [-0.4, -0.2) is 13.7 Å². The Morgan fingerprint density at radius 2 is 1.75 bits per heavy atom. The van der Waals surface area contributed by atoms with Gasteiger partial charge in [0, 0.05) is 6.04 Å². The van der Waals surface area contributed by atoms with Crippen LogP contribution in [-0.2, 0) is 0 Å². The maximum absolute atomic E-state index is 5.26. The van der Waals surface area contributed by atoms with E-state index in [9.17, 15) is 0 Å². The van der Waals surface area contributed by atoms with Crippen molar-refractivity contribution in [3.8, 4) is 5.75 Å². The summed E-state index contributed by atoms with van der Waals surface area (Å²) in [6.07, 6.45) is 6.31. The van der Waals surface area contributed by atoms with E-state index in [-0.39, 0.29) is 0 Å². The van der Waals surface area contributed by atoms with Gasteiger partial charge in [0.2, 0.25) is 0 Å². The summed E-state index contributed by atoms with van der Waals surface area (Å²) < 4.78 is 5.26. The van der Waals surface area contributed by atoms with E-state index in [1.807, 2.05) is 0 Å². The van der Waals surface area contributed by atoms with Crippen LogP contribution in [0.1, 0.15) is 64.5 Å². The molecule has 2 nitrogen and oxygen atoms in total. The standard InChI is InChI=1S/C18H31NO/c1-5-8-9-15(7-3)18(19-14-6-2)16-10-12-17(20-4)13-11-16/h10-13,15,18-19H,5-9,14H2,1-4H3. The summed E-state index contributed by atoms with van der Waals surface area (Å²) in [6.45, 7) is 7.89. The Bertz CT molecular complexity index is 347. The Hall–Kier alpha value is -1.02. The summed E-state index contributed by atoms with van der Waals surface area (Å²) in [4.78, 5) is 0. The maximum atomic E-state index is 5.26. The Kier molecular flexibility index (Phi) is 8.36. The first-order valence-electron chi connectivity index (χ1n) is 8.14. The van der Waals surface area contributed by atoms with Gasteiger partial charge >= 0.3 is 0 Å². The summed E-state index contributed by atoms with van der Waals surface area (Å²) in [5.74, 6) is 1.65. The molecule has 0 heterocycles. The highest BCUT2D eigenvalue weighted by Crippen LogP contribution is 2.30. The van der Waals surface area contributed by atoms with Crippen molar-refractivity contribution in [2.75, 3.05) is 13.7 Å². The molecule has 1 N–H and O–H groups in total. The van der Waals surface area contributed by atoms with Crippen molar-refractivity contribution in [1.82, 2.24) is 5.32 Å². The molecule has 2 atom stereocenters. The van der Waals surface area contributed by atoms with Crippen molar-refractivity contribution in [3.63, 3.8) is 0 Å². The van der Waals surface area contributed by atoms with Gasteiger partial charge in [-0.1, -0.05) is 52.2 Å². The Labute approximate surface area is 124 Å². The second-order valence-corrected chi connectivity index (χ2v) is 5.52. The first-order chi connectivity index (χ1) is 9.76. The highest BCUT2D eigenvalue weighted by molar-refractivity contribution is 5.29. The van der Waals surface area contributed by atoms with E-state index in [1.165, 1.54) is 37.7 Å². The zero-order valence-corrected chi connectivity index (χ0v) is 13.6. The lowest BCUT2D eigenvalue weighted by Gasteiger charge is -2.28. The third kappa shape index (κ3) is 5.16. The second-order valence-electron chi connectivity index (χ2n) is 5.52. The molecule has 0 radical (unpaired) electrons. The van der Waals surface area contributed by atoms with E-state index in [2.05, 4.69) is 50.4 Å². The molecule has 0 saturated heterocycles. The normalized spacial score (nSPS) is 14.0. The predicted octanol–water partition coefficient (Wildman–Crippen LogP) is 4.95. The van der Waals surface area contributed by atoms with Crippen molar-refractivity contribution in [1.29, 1.82) is 0 Å². The number of ether oxygens (including phenoxy) is 1. The van der Waals surface area contributed by atoms with E-state index in [4.69, 9.17) is 4.74 Å². The summed E-state index contributed by atoms with van der Waals surface area (Å²) in [5, 5.41) is 3.74. The van der Waals surface area contributed by atoms with Crippen LogP contribution in [0.25, 0.3) is 0 Å². The van der Waals surface area contributed by atoms with Crippen molar-refractivity contribution in [3.05, 3.63) is 29.8 Å². The van der Waals surface area contributed by atoms with Gasteiger partial charge in [-0.15, -0.1) is 0 Å². The van der Waals surface area contributed by atoms with E-state index in [1.54, 1.807) is 7.11 Å². The largest absolute Gasteiger partial charge is 0.497 e. The number of unbranched alkanes of at least 4 members (excludes halogenated alkanes) is 1. The molecule has 1 rings (SSSR count). The SMILES string of the molecule is CCCCC(CC)C(NCCC)c1ccc(OC)cc1. The second kappa shape index (κ2) is 9.82. The minimum Gasteiger partial charge on any atom is -0.497 e. The molecule has 0 amide bonds. The highest BCUT2D eigenvalue weighted by Gasteiger charge is 2.20. The molecule has 0 fully saturated rings. The van der Waals surface area contributed by atoms with Crippen LogP contribution in [0.4, 0.5) is 0 Å². The quantitative estimate of drug-likeness (QED) is 0.653. The third-order valence-corrected chi connectivity index (χ3v) is 4.01. The van der Waals surface area contributed by atoms with Gasteiger partial charge in [-0.25, -0.2) is 0 Å². The number of rotatable bonds is 10. The van der Waals surface area contributed by atoms with Crippen LogP contribution in [0.5, 0.6) is 5.75 Å². The van der Waals surface area contributed by atoms with Gasteiger partial charge in [-0.05, 0) is 43.0 Å². The average molecular weight is 277 g/mol. The van der Waals surface area contributed by atoms with E-state index < -0.39 is 0 Å². The summed E-state index contributed by atoms with van der Waals surface area (Å²) >= 11 is 0. The van der Waals surface area contributed by atoms with Crippen LogP contribution >= 0.6 is 0 Å². The first kappa shape index (κ1) is 17.0. The molecular formula is C18H31NO. The molecule has 1 aromatic carbocycles. The van der Waals surface area contributed by atoms with Crippen molar-refractivity contribution in [2.45, 2.75) is 58.9 Å². The number of benzene rings is 1. The maximum Gasteiger partial charge on any atom is 0.118 e. The van der Waals surface area contributed by atoms with Crippen molar-refractivity contribution >= 4 is 0 Å². The van der Waals surface area contributed by atoms with E-state index >= 15 is 0 Å². The fourth-order valence-electron chi connectivity index (χ4n) is 2.74. The highest BCUT2D eigenvalue weighted by atomic mass is 16.5. The van der Waals surface area contributed by atoms with Gasteiger partial charge in [0.25, 0.3) is 0 Å². The minimum atomic E-state index is 0.470. The number of hydrogen-bond acceptors (Lipinski definition) is 2. The third-order valence-electron chi connectivity index (χ3n) is 4.01. The number of nitrogens with one attached hydrogen (secondary N) is 1. The molecule has 0 aliphatic carbocycles. The van der Waals surface area contributed by atoms with Gasteiger partial charge in [0.15, 0.2) is 0 Å². The van der Waals surface area contributed by atoms with Crippen LogP contribution in [0.2, 0.25) is 0 Å². The number of hydrogen-bond donors (Lipinski definition) is 1. The van der Waals surface area contributed by atoms with Gasteiger partial charge in [-0.3, -0.25) is 0 Å². The molecule has 0 aliphatic rings. The fraction of sp³-hybridized carbons (Fsp3) is 0.667. The smallest absolute Gasteiger partial charge is 0.118 e. The van der Waals surface area contributed by atoms with Gasteiger partial charge < -0.3 is 10.1 Å². The lowest BCUT2D eigenvalue weighted by molar-refractivity contribution is 0.323. The Morgan fingerprint density at radius 3 is 2.25 bits per heavy atom. The molecule has 0 saturated carbocycles.